The van der Waals surface area contributed by atoms with Gasteiger partial charge in [-0.15, -0.1) is 0 Å². The lowest BCUT2D eigenvalue weighted by molar-refractivity contribution is -0.134. The highest BCUT2D eigenvalue weighted by molar-refractivity contribution is 14.1. The van der Waals surface area contributed by atoms with Crippen LogP contribution in [0.2, 0.25) is 0 Å². The number of ether oxygens (including phenoxy) is 2. The summed E-state index contributed by atoms with van der Waals surface area (Å²) in [5.74, 6) is -1.96. The number of hydrogen-bond acceptors (Lipinski definition) is 6. The lowest BCUT2D eigenvalue weighted by Crippen LogP contribution is -2.50. The van der Waals surface area contributed by atoms with E-state index in [9.17, 15) is 18.8 Å². The van der Waals surface area contributed by atoms with E-state index in [1.165, 1.54) is 12.1 Å². The molecule has 3 aromatic carbocycles. The highest BCUT2D eigenvalue weighted by Crippen LogP contribution is 2.32. The van der Waals surface area contributed by atoms with Gasteiger partial charge < -0.3 is 25.2 Å². The molecule has 0 radical (unpaired) electrons. The predicted molar refractivity (Wildman–Crippen MR) is 154 cm³/mol. The Labute approximate surface area is 244 Å². The maximum absolute atomic E-state index is 14.6. The first-order chi connectivity index (χ1) is 19.3. The number of rotatable bonds is 12. The van der Waals surface area contributed by atoms with Crippen molar-refractivity contribution in [1.82, 2.24) is 10.2 Å². The number of nitrogens with zero attached hydrogens (tertiary/aromatic N) is 1. The minimum atomic E-state index is -1.25. The number of benzene rings is 3. The fourth-order valence-corrected chi connectivity index (χ4v) is 4.88. The molecule has 1 unspecified atom stereocenters. The van der Waals surface area contributed by atoms with E-state index in [1.807, 2.05) is 28.7 Å². The average molecular weight is 661 g/mol. The van der Waals surface area contributed by atoms with E-state index < -0.39 is 41.7 Å². The zero-order valence-corrected chi connectivity index (χ0v) is 23.8. The average Bonchev–Trinajstić information content (AvgIpc) is 3.24. The lowest BCUT2D eigenvalue weighted by atomic mass is 9.91. The number of imide groups is 1. The van der Waals surface area contributed by atoms with Crippen LogP contribution >= 0.6 is 22.6 Å². The SMILES string of the molecule is C[C@@H](c1ccccc1)C(C(=O)Nc1ccc(I)cc1F)N1C(=O)N[C@H](c2ccc(OCCOCCO)cc2)C1=O. The second-order valence-corrected chi connectivity index (χ2v) is 10.3. The van der Waals surface area contributed by atoms with Crippen LogP contribution in [0.5, 0.6) is 5.75 Å². The van der Waals surface area contributed by atoms with Gasteiger partial charge in [0.15, 0.2) is 0 Å². The summed E-state index contributed by atoms with van der Waals surface area (Å²) in [5, 5.41) is 14.0. The summed E-state index contributed by atoms with van der Waals surface area (Å²) in [6.45, 7) is 2.49. The molecule has 210 valence electrons. The van der Waals surface area contributed by atoms with Gasteiger partial charge in [-0.05, 0) is 64.0 Å². The summed E-state index contributed by atoms with van der Waals surface area (Å²) < 4.78 is 26.0. The standard InChI is InChI=1S/C29H29FIN3O6/c1-18(19-5-3-2-4-6-19)26(27(36)32-24-12-9-21(31)17-23(24)30)34-28(37)25(33-29(34)38)20-7-10-22(11-8-20)40-16-15-39-14-13-35/h2-12,17-18,25-26,35H,13-16H2,1H3,(H,32,36)(H,33,38)/t18-,25+,26?/m0/s1. The number of carbonyl (C=O) groups is 3. The molecule has 0 saturated carbocycles. The highest BCUT2D eigenvalue weighted by Gasteiger charge is 2.47. The Morgan fingerprint density at radius 2 is 1.80 bits per heavy atom. The molecule has 3 atom stereocenters. The van der Waals surface area contributed by atoms with Crippen LogP contribution in [0.1, 0.15) is 30.0 Å². The number of aliphatic hydroxyl groups is 1. The minimum absolute atomic E-state index is 0.0448. The molecule has 40 heavy (non-hydrogen) atoms. The van der Waals surface area contributed by atoms with E-state index in [0.29, 0.717) is 21.5 Å². The van der Waals surface area contributed by atoms with Gasteiger partial charge in [0, 0.05) is 9.49 Å². The predicted octanol–water partition coefficient (Wildman–Crippen LogP) is 4.22. The van der Waals surface area contributed by atoms with Crippen molar-refractivity contribution in [2.75, 3.05) is 31.7 Å². The summed E-state index contributed by atoms with van der Waals surface area (Å²) in [6.07, 6.45) is 0. The second kappa shape index (κ2) is 13.7. The monoisotopic (exact) mass is 661 g/mol. The molecule has 3 aromatic rings. The summed E-state index contributed by atoms with van der Waals surface area (Å²) in [7, 11) is 0. The van der Waals surface area contributed by atoms with Crippen molar-refractivity contribution in [3.05, 3.63) is 93.3 Å². The largest absolute Gasteiger partial charge is 0.491 e. The summed E-state index contributed by atoms with van der Waals surface area (Å²) >= 11 is 1.96. The number of urea groups is 1. The number of hydrogen-bond donors (Lipinski definition) is 3. The Hall–Kier alpha value is -3.55. The number of carbonyl (C=O) groups excluding carboxylic acids is 3. The fraction of sp³-hybridized carbons (Fsp3) is 0.276. The molecular weight excluding hydrogens is 632 g/mol. The Morgan fingerprint density at radius 3 is 2.48 bits per heavy atom. The quantitative estimate of drug-likeness (QED) is 0.152. The molecule has 1 aliphatic heterocycles. The summed E-state index contributed by atoms with van der Waals surface area (Å²) in [5.41, 5.74) is 1.20. The number of halogens is 2. The van der Waals surface area contributed by atoms with Crippen LogP contribution in [0, 0.1) is 9.39 Å². The molecule has 0 aromatic heterocycles. The zero-order valence-electron chi connectivity index (χ0n) is 21.7. The Kier molecular flexibility index (Phi) is 10.1. The van der Waals surface area contributed by atoms with Crippen molar-refractivity contribution in [1.29, 1.82) is 0 Å². The van der Waals surface area contributed by atoms with Crippen molar-refractivity contribution >= 4 is 46.1 Å². The van der Waals surface area contributed by atoms with Gasteiger partial charge >= 0.3 is 6.03 Å². The molecule has 1 fully saturated rings. The molecule has 4 rings (SSSR count). The molecule has 4 amide bonds. The molecular formula is C29H29FIN3O6. The molecule has 3 N–H and O–H groups in total. The molecule has 0 aliphatic carbocycles. The molecule has 1 aliphatic rings. The lowest BCUT2D eigenvalue weighted by Gasteiger charge is -2.30. The number of amides is 4. The first kappa shape index (κ1) is 29.4. The maximum Gasteiger partial charge on any atom is 0.325 e. The summed E-state index contributed by atoms with van der Waals surface area (Å²) in [4.78, 5) is 41.4. The molecule has 0 spiro atoms. The van der Waals surface area contributed by atoms with Crippen molar-refractivity contribution in [3.8, 4) is 5.75 Å². The van der Waals surface area contributed by atoms with Crippen LogP contribution in [-0.4, -0.2) is 60.3 Å². The van der Waals surface area contributed by atoms with E-state index in [4.69, 9.17) is 14.6 Å². The van der Waals surface area contributed by atoms with Gasteiger partial charge in [-0.25, -0.2) is 14.1 Å². The molecule has 11 heteroatoms. The summed E-state index contributed by atoms with van der Waals surface area (Å²) in [6, 6.07) is 17.1. The van der Waals surface area contributed by atoms with Gasteiger partial charge in [0.1, 0.15) is 30.3 Å². The van der Waals surface area contributed by atoms with Crippen molar-refractivity contribution in [2.45, 2.75) is 24.9 Å². The van der Waals surface area contributed by atoms with E-state index in [1.54, 1.807) is 61.5 Å². The molecule has 1 heterocycles. The van der Waals surface area contributed by atoms with Gasteiger partial charge in [-0.3, -0.25) is 9.59 Å². The molecule has 0 bridgehead atoms. The minimum Gasteiger partial charge on any atom is -0.491 e. The van der Waals surface area contributed by atoms with Gasteiger partial charge in [0.25, 0.3) is 5.91 Å². The Morgan fingerprint density at radius 1 is 1.07 bits per heavy atom. The maximum atomic E-state index is 14.6. The van der Waals surface area contributed by atoms with Gasteiger partial charge in [0.2, 0.25) is 5.91 Å². The number of anilines is 1. The number of aliphatic hydroxyl groups excluding tert-OH is 1. The first-order valence-electron chi connectivity index (χ1n) is 12.7. The van der Waals surface area contributed by atoms with Crippen LogP contribution < -0.4 is 15.4 Å². The second-order valence-electron chi connectivity index (χ2n) is 9.10. The number of nitrogens with one attached hydrogen (secondary N) is 2. The van der Waals surface area contributed by atoms with Crippen molar-refractivity contribution < 1.29 is 33.4 Å². The van der Waals surface area contributed by atoms with Crippen molar-refractivity contribution in [3.63, 3.8) is 0 Å². The van der Waals surface area contributed by atoms with Crippen molar-refractivity contribution in [2.24, 2.45) is 0 Å². The van der Waals surface area contributed by atoms with E-state index in [0.717, 1.165) is 10.5 Å². The zero-order chi connectivity index (χ0) is 28.6. The highest BCUT2D eigenvalue weighted by atomic mass is 127. The van der Waals surface area contributed by atoms with Gasteiger partial charge in [-0.2, -0.15) is 0 Å². The normalized spacial score (nSPS) is 16.4. The Bertz CT molecular complexity index is 1340. The van der Waals surface area contributed by atoms with Crippen LogP contribution in [0.4, 0.5) is 14.9 Å². The van der Waals surface area contributed by atoms with Crippen LogP contribution in [0.25, 0.3) is 0 Å². The smallest absolute Gasteiger partial charge is 0.325 e. The Balaban J connectivity index is 1.55. The third kappa shape index (κ3) is 6.95. The van der Waals surface area contributed by atoms with Gasteiger partial charge in [-0.1, -0.05) is 49.4 Å². The van der Waals surface area contributed by atoms with E-state index in [-0.39, 0.29) is 25.5 Å². The first-order valence-corrected chi connectivity index (χ1v) is 13.7. The van der Waals surface area contributed by atoms with Crippen LogP contribution in [0.15, 0.2) is 72.8 Å². The third-order valence-electron chi connectivity index (χ3n) is 6.45. The van der Waals surface area contributed by atoms with Gasteiger partial charge in [0.05, 0.1) is 25.5 Å². The topological polar surface area (TPSA) is 117 Å². The fourth-order valence-electron chi connectivity index (χ4n) is 4.43. The molecule has 9 nitrogen and oxygen atoms in total. The van der Waals surface area contributed by atoms with Crippen LogP contribution in [-0.2, 0) is 14.3 Å². The van der Waals surface area contributed by atoms with Crippen LogP contribution in [0.3, 0.4) is 0 Å². The van der Waals surface area contributed by atoms with E-state index >= 15 is 0 Å². The third-order valence-corrected chi connectivity index (χ3v) is 7.12. The van der Waals surface area contributed by atoms with E-state index in [2.05, 4.69) is 10.6 Å². The molecule has 1 saturated heterocycles.